The molecule has 0 amide bonds. The van der Waals surface area contributed by atoms with E-state index in [-0.39, 0.29) is 11.6 Å². The molecule has 2 rings (SSSR count). The Morgan fingerprint density at radius 1 is 1.71 bits per heavy atom. The molecule has 1 aromatic rings. The van der Waals surface area contributed by atoms with E-state index in [1.165, 1.54) is 0 Å². The summed E-state index contributed by atoms with van der Waals surface area (Å²) in [6.45, 7) is 6.65. The summed E-state index contributed by atoms with van der Waals surface area (Å²) in [5.74, 6) is 0. The van der Waals surface area contributed by atoms with Crippen molar-refractivity contribution in [2.75, 3.05) is 13.2 Å². The zero-order chi connectivity index (χ0) is 12.3. The lowest BCUT2D eigenvalue weighted by molar-refractivity contribution is 0.0276. The van der Waals surface area contributed by atoms with Crippen LogP contribution in [0.15, 0.2) is 5.38 Å². The van der Waals surface area contributed by atoms with Gasteiger partial charge in [0.1, 0.15) is 5.01 Å². The van der Waals surface area contributed by atoms with Crippen molar-refractivity contribution in [2.24, 2.45) is 5.73 Å². The summed E-state index contributed by atoms with van der Waals surface area (Å²) in [5.41, 5.74) is 6.97. The first kappa shape index (κ1) is 13.0. The fourth-order valence-electron chi connectivity index (χ4n) is 1.99. The van der Waals surface area contributed by atoms with Crippen LogP contribution < -0.4 is 11.1 Å². The van der Waals surface area contributed by atoms with Gasteiger partial charge in [0.15, 0.2) is 0 Å². The van der Waals surface area contributed by atoms with Gasteiger partial charge in [-0.25, -0.2) is 4.98 Å². The van der Waals surface area contributed by atoms with Crippen molar-refractivity contribution in [3.63, 3.8) is 0 Å². The lowest BCUT2D eigenvalue weighted by Gasteiger charge is -2.34. The fourth-order valence-corrected chi connectivity index (χ4v) is 2.77. The number of rotatable bonds is 4. The third-order valence-electron chi connectivity index (χ3n) is 3.09. The molecule has 0 saturated carbocycles. The van der Waals surface area contributed by atoms with Gasteiger partial charge in [-0.1, -0.05) is 0 Å². The highest BCUT2D eigenvalue weighted by molar-refractivity contribution is 7.09. The molecule has 0 aromatic carbocycles. The lowest BCUT2D eigenvalue weighted by atomic mass is 9.95. The van der Waals surface area contributed by atoms with Gasteiger partial charge >= 0.3 is 0 Å². The Bertz CT molecular complexity index is 358. The van der Waals surface area contributed by atoms with Crippen LogP contribution >= 0.6 is 11.3 Å². The zero-order valence-corrected chi connectivity index (χ0v) is 11.3. The summed E-state index contributed by atoms with van der Waals surface area (Å²) in [7, 11) is 0. The number of nitrogens with one attached hydrogen (secondary N) is 1. The molecule has 5 heteroatoms. The van der Waals surface area contributed by atoms with Gasteiger partial charge in [-0.3, -0.25) is 0 Å². The molecule has 2 unspecified atom stereocenters. The monoisotopic (exact) mass is 255 g/mol. The Balaban J connectivity index is 1.88. The van der Waals surface area contributed by atoms with E-state index >= 15 is 0 Å². The van der Waals surface area contributed by atoms with E-state index in [1.807, 2.05) is 6.92 Å². The lowest BCUT2D eigenvalue weighted by Crippen LogP contribution is -2.48. The van der Waals surface area contributed by atoms with Crippen LogP contribution in [0.3, 0.4) is 0 Å². The number of hydrogen-bond acceptors (Lipinski definition) is 5. The molecule has 1 aliphatic heterocycles. The van der Waals surface area contributed by atoms with Gasteiger partial charge in [-0.05, 0) is 26.7 Å². The molecule has 1 aromatic heterocycles. The largest absolute Gasteiger partial charge is 0.380 e. The van der Waals surface area contributed by atoms with E-state index in [0.717, 1.165) is 43.3 Å². The van der Waals surface area contributed by atoms with Crippen LogP contribution in [0.4, 0.5) is 0 Å². The van der Waals surface area contributed by atoms with Crippen molar-refractivity contribution in [3.05, 3.63) is 16.1 Å². The Hall–Kier alpha value is -0.490. The molecule has 96 valence electrons. The van der Waals surface area contributed by atoms with Crippen molar-refractivity contribution in [2.45, 2.75) is 44.8 Å². The van der Waals surface area contributed by atoms with Crippen LogP contribution in [-0.4, -0.2) is 23.7 Å². The first-order chi connectivity index (χ1) is 8.09. The topological polar surface area (TPSA) is 60.2 Å². The highest BCUT2D eigenvalue weighted by Crippen LogP contribution is 2.20. The van der Waals surface area contributed by atoms with Crippen LogP contribution in [0.25, 0.3) is 0 Å². The second kappa shape index (κ2) is 5.44. The average molecular weight is 255 g/mol. The van der Waals surface area contributed by atoms with Crippen molar-refractivity contribution in [1.82, 2.24) is 10.3 Å². The molecule has 2 atom stereocenters. The van der Waals surface area contributed by atoms with E-state index < -0.39 is 0 Å². The molecule has 1 saturated heterocycles. The van der Waals surface area contributed by atoms with Crippen LogP contribution in [0, 0.1) is 0 Å². The predicted molar refractivity (Wildman–Crippen MR) is 70.0 cm³/mol. The van der Waals surface area contributed by atoms with Crippen LogP contribution in [0.2, 0.25) is 0 Å². The highest BCUT2D eigenvalue weighted by atomic mass is 32.1. The number of thiazole rings is 1. The normalized spacial score (nSPS) is 27.0. The van der Waals surface area contributed by atoms with Gasteiger partial charge in [-0.2, -0.15) is 0 Å². The number of nitrogens with two attached hydrogens (primary N) is 1. The van der Waals surface area contributed by atoms with Crippen molar-refractivity contribution in [3.8, 4) is 0 Å². The summed E-state index contributed by atoms with van der Waals surface area (Å²) >= 11 is 1.64. The molecule has 0 spiro atoms. The standard InChI is InChI=1S/C12H21N3OS/c1-9(13)11-15-10(7-17-11)6-14-12(2)4-3-5-16-8-12/h7,9,14H,3-6,8,13H2,1-2H3. The molecule has 1 aliphatic rings. The van der Waals surface area contributed by atoms with Gasteiger partial charge in [0, 0.05) is 24.1 Å². The Morgan fingerprint density at radius 3 is 3.12 bits per heavy atom. The van der Waals surface area contributed by atoms with Gasteiger partial charge in [0.05, 0.1) is 18.3 Å². The first-order valence-electron chi connectivity index (χ1n) is 6.12. The fraction of sp³-hybridized carbons (Fsp3) is 0.750. The maximum Gasteiger partial charge on any atom is 0.109 e. The van der Waals surface area contributed by atoms with E-state index in [9.17, 15) is 0 Å². The maximum absolute atomic E-state index is 5.80. The average Bonchev–Trinajstić information content (AvgIpc) is 2.76. The minimum absolute atomic E-state index is 0.0300. The summed E-state index contributed by atoms with van der Waals surface area (Å²) in [6, 6.07) is 0.0300. The van der Waals surface area contributed by atoms with Gasteiger partial charge in [0.25, 0.3) is 0 Å². The van der Waals surface area contributed by atoms with Crippen LogP contribution in [0.5, 0.6) is 0 Å². The Kier molecular flexibility index (Phi) is 4.14. The first-order valence-corrected chi connectivity index (χ1v) is 7.00. The van der Waals surface area contributed by atoms with Gasteiger partial charge < -0.3 is 15.8 Å². The molecule has 2 heterocycles. The van der Waals surface area contributed by atoms with E-state index in [0.29, 0.717) is 0 Å². The molecule has 4 nitrogen and oxygen atoms in total. The summed E-state index contributed by atoms with van der Waals surface area (Å²) in [5, 5.41) is 6.63. The predicted octanol–water partition coefficient (Wildman–Crippen LogP) is 1.82. The Labute approximate surface area is 107 Å². The quantitative estimate of drug-likeness (QED) is 0.861. The van der Waals surface area contributed by atoms with E-state index in [2.05, 4.69) is 22.6 Å². The smallest absolute Gasteiger partial charge is 0.109 e. The van der Waals surface area contributed by atoms with Crippen LogP contribution in [0.1, 0.15) is 43.4 Å². The summed E-state index contributed by atoms with van der Waals surface area (Å²) in [4.78, 5) is 4.52. The molecular weight excluding hydrogens is 234 g/mol. The third kappa shape index (κ3) is 3.48. The van der Waals surface area contributed by atoms with Gasteiger partial charge in [-0.15, -0.1) is 11.3 Å². The molecular formula is C12H21N3OS. The third-order valence-corrected chi connectivity index (χ3v) is 4.19. The number of ether oxygens (including phenoxy) is 1. The van der Waals surface area contributed by atoms with Crippen LogP contribution in [-0.2, 0) is 11.3 Å². The van der Waals surface area contributed by atoms with E-state index in [4.69, 9.17) is 10.5 Å². The second-order valence-corrected chi connectivity index (χ2v) is 5.93. The Morgan fingerprint density at radius 2 is 2.53 bits per heavy atom. The molecule has 0 radical (unpaired) electrons. The van der Waals surface area contributed by atoms with E-state index in [1.54, 1.807) is 11.3 Å². The molecule has 17 heavy (non-hydrogen) atoms. The number of hydrogen-bond donors (Lipinski definition) is 2. The minimum Gasteiger partial charge on any atom is -0.380 e. The molecule has 1 fully saturated rings. The summed E-state index contributed by atoms with van der Waals surface area (Å²) in [6.07, 6.45) is 2.29. The SMILES string of the molecule is CC(N)c1nc(CNC2(C)CCCOC2)cs1. The minimum atomic E-state index is 0.0300. The van der Waals surface area contributed by atoms with Gasteiger partial charge in [0.2, 0.25) is 0 Å². The number of aromatic nitrogens is 1. The highest BCUT2D eigenvalue weighted by Gasteiger charge is 2.26. The number of nitrogens with zero attached hydrogens (tertiary/aromatic N) is 1. The molecule has 3 N–H and O–H groups in total. The maximum atomic E-state index is 5.80. The second-order valence-electron chi connectivity index (χ2n) is 5.04. The van der Waals surface area contributed by atoms with Crippen molar-refractivity contribution >= 4 is 11.3 Å². The molecule has 0 bridgehead atoms. The van der Waals surface area contributed by atoms with Crippen molar-refractivity contribution in [1.29, 1.82) is 0 Å². The molecule has 0 aliphatic carbocycles. The van der Waals surface area contributed by atoms with Crippen molar-refractivity contribution < 1.29 is 4.74 Å². The summed E-state index contributed by atoms with van der Waals surface area (Å²) < 4.78 is 5.52. The zero-order valence-electron chi connectivity index (χ0n) is 10.5.